The van der Waals surface area contributed by atoms with Crippen LogP contribution in [0.5, 0.6) is 11.5 Å². The highest BCUT2D eigenvalue weighted by atomic mass is 31.2. The van der Waals surface area contributed by atoms with Crippen LogP contribution >= 0.6 is 7.67 Å². The third-order valence-corrected chi connectivity index (χ3v) is 7.77. The average molecular weight is 529 g/mol. The van der Waals surface area contributed by atoms with Crippen LogP contribution in [0.25, 0.3) is 0 Å². The van der Waals surface area contributed by atoms with E-state index in [4.69, 9.17) is 9.26 Å². The zero-order chi connectivity index (χ0) is 25.8. The number of ether oxygens (including phenoxy) is 1. The Labute approximate surface area is 192 Å². The van der Waals surface area contributed by atoms with Crippen molar-refractivity contribution in [3.63, 3.8) is 0 Å². The van der Waals surface area contributed by atoms with Crippen molar-refractivity contribution in [2.75, 3.05) is 26.2 Å². The molecule has 4 rings (SSSR count). The summed E-state index contributed by atoms with van der Waals surface area (Å²) >= 11 is 0. The van der Waals surface area contributed by atoms with Crippen LogP contribution < -0.4 is 4.74 Å². The molecule has 190 valence electrons. The Morgan fingerprint density at radius 2 is 1.57 bits per heavy atom. The molecule has 35 heavy (non-hydrogen) atoms. The molecule has 16 heteroatoms. The minimum absolute atomic E-state index is 0.270. The molecule has 0 radical (unpaired) electrons. The number of benzene rings is 2. The van der Waals surface area contributed by atoms with Gasteiger partial charge in [0.25, 0.3) is 0 Å². The van der Waals surface area contributed by atoms with E-state index in [1.807, 2.05) is 0 Å². The highest BCUT2D eigenvalue weighted by Gasteiger charge is 2.55. The monoisotopic (exact) mass is 529 g/mol. The first-order valence-electron chi connectivity index (χ1n) is 9.89. The maximum atomic E-state index is 13.9. The minimum atomic E-state index is -5.09. The topological polar surface area (TPSA) is 84.7 Å². The number of halogens is 7. The van der Waals surface area contributed by atoms with Crippen molar-refractivity contribution in [2.45, 2.75) is 18.5 Å². The van der Waals surface area contributed by atoms with Crippen LogP contribution in [0.2, 0.25) is 0 Å². The fourth-order valence-electron chi connectivity index (χ4n) is 3.20. The second-order valence-corrected chi connectivity index (χ2v) is 9.97. The largest absolute Gasteiger partial charge is 0.450 e. The molecule has 0 aliphatic carbocycles. The van der Waals surface area contributed by atoms with Gasteiger partial charge in [-0.3, -0.25) is 19.2 Å². The SMILES string of the molecule is O=[N+]([O-])c1ccc(C(OP(=O)(N2CC2)N2CC2)C(F)(F)F)cc1Oc1ccc(C(F)(F)F)c(F)c1. The highest BCUT2D eigenvalue weighted by molar-refractivity contribution is 7.54. The van der Waals surface area contributed by atoms with Crippen molar-refractivity contribution < 1.29 is 49.5 Å². The van der Waals surface area contributed by atoms with E-state index >= 15 is 0 Å². The van der Waals surface area contributed by atoms with Gasteiger partial charge in [-0.05, 0) is 29.8 Å². The fourth-order valence-corrected chi connectivity index (χ4v) is 5.53. The van der Waals surface area contributed by atoms with Gasteiger partial charge in [0.15, 0.2) is 6.10 Å². The number of hydrogen-bond donors (Lipinski definition) is 0. The van der Waals surface area contributed by atoms with Gasteiger partial charge in [0.1, 0.15) is 11.6 Å². The summed E-state index contributed by atoms with van der Waals surface area (Å²) in [6.07, 6.45) is -12.9. The maximum absolute atomic E-state index is 13.9. The summed E-state index contributed by atoms with van der Waals surface area (Å²) in [5.74, 6) is -3.18. The zero-order valence-electron chi connectivity index (χ0n) is 17.3. The number of nitro benzene ring substituents is 1. The standard InChI is InChI=1S/C19H15F7N3O5P/c20-14-10-12(2-3-13(14)18(21,22)23)33-16-9-11(1-4-15(16)29(30)31)17(19(24,25)26)34-35(32,27-5-6-27)28-7-8-28/h1-4,9-10,17H,5-8H2. The summed E-state index contributed by atoms with van der Waals surface area (Å²) in [5.41, 5.74) is -3.16. The van der Waals surface area contributed by atoms with Crippen molar-refractivity contribution in [2.24, 2.45) is 0 Å². The average Bonchev–Trinajstić information content (AvgIpc) is 3.61. The van der Waals surface area contributed by atoms with Crippen molar-refractivity contribution >= 4 is 13.4 Å². The van der Waals surface area contributed by atoms with Crippen LogP contribution in [0.1, 0.15) is 17.2 Å². The van der Waals surface area contributed by atoms with Crippen molar-refractivity contribution in [3.8, 4) is 11.5 Å². The van der Waals surface area contributed by atoms with Crippen LogP contribution in [0.15, 0.2) is 36.4 Å². The quantitative estimate of drug-likeness (QED) is 0.138. The number of nitrogens with zero attached hydrogens (tertiary/aromatic N) is 3. The zero-order valence-corrected chi connectivity index (χ0v) is 18.2. The Morgan fingerprint density at radius 1 is 0.971 bits per heavy atom. The maximum Gasteiger partial charge on any atom is 0.419 e. The first kappa shape index (κ1) is 25.4. The van der Waals surface area contributed by atoms with E-state index in [0.29, 0.717) is 30.3 Å². The first-order valence-corrected chi connectivity index (χ1v) is 11.4. The van der Waals surface area contributed by atoms with Gasteiger partial charge < -0.3 is 4.74 Å². The molecule has 0 bridgehead atoms. The molecule has 2 aliphatic heterocycles. The van der Waals surface area contributed by atoms with Gasteiger partial charge in [-0.2, -0.15) is 26.3 Å². The second kappa shape index (κ2) is 8.73. The van der Waals surface area contributed by atoms with Crippen LogP contribution in [0, 0.1) is 15.9 Å². The Bertz CT molecular complexity index is 1180. The summed E-state index contributed by atoms with van der Waals surface area (Å²) in [6.45, 7) is 1.08. The van der Waals surface area contributed by atoms with Crippen molar-refractivity contribution in [3.05, 3.63) is 63.5 Å². The van der Waals surface area contributed by atoms with Crippen LogP contribution in [0.4, 0.5) is 36.4 Å². The molecule has 2 fully saturated rings. The van der Waals surface area contributed by atoms with Gasteiger partial charge in [0, 0.05) is 38.3 Å². The fraction of sp³-hybridized carbons (Fsp3) is 0.368. The summed E-state index contributed by atoms with van der Waals surface area (Å²) in [7, 11) is -3.98. The lowest BCUT2D eigenvalue weighted by Crippen LogP contribution is -2.25. The molecule has 0 spiro atoms. The molecule has 1 unspecified atom stereocenters. The smallest absolute Gasteiger partial charge is 0.419 e. The van der Waals surface area contributed by atoms with E-state index in [9.17, 15) is 45.4 Å². The molecular weight excluding hydrogens is 514 g/mol. The molecule has 2 aliphatic rings. The number of rotatable bonds is 8. The van der Waals surface area contributed by atoms with Gasteiger partial charge in [-0.15, -0.1) is 0 Å². The summed E-state index contributed by atoms with van der Waals surface area (Å²) in [5, 5.41) is 11.4. The lowest BCUT2D eigenvalue weighted by molar-refractivity contribution is -0.385. The van der Waals surface area contributed by atoms with Gasteiger partial charge in [-0.1, -0.05) is 0 Å². The predicted octanol–water partition coefficient (Wildman–Crippen LogP) is 5.90. The van der Waals surface area contributed by atoms with Crippen LogP contribution in [0.3, 0.4) is 0 Å². The third-order valence-electron chi connectivity index (χ3n) is 5.06. The van der Waals surface area contributed by atoms with Crippen molar-refractivity contribution in [1.29, 1.82) is 0 Å². The number of alkyl halides is 6. The molecular formula is C19H15F7N3O5P. The normalized spacial score (nSPS) is 17.8. The molecule has 2 aromatic carbocycles. The molecule has 0 amide bonds. The van der Waals surface area contributed by atoms with E-state index in [-0.39, 0.29) is 26.2 Å². The number of nitro groups is 1. The lowest BCUT2D eigenvalue weighted by atomic mass is 10.1. The Morgan fingerprint density at radius 3 is 2.03 bits per heavy atom. The third kappa shape index (κ3) is 5.42. The van der Waals surface area contributed by atoms with Crippen LogP contribution in [-0.2, 0) is 15.3 Å². The van der Waals surface area contributed by atoms with Gasteiger partial charge in [-0.25, -0.2) is 13.7 Å². The molecule has 0 saturated carbocycles. The van der Waals surface area contributed by atoms with E-state index in [1.54, 1.807) is 0 Å². The van der Waals surface area contributed by atoms with Crippen LogP contribution in [-0.4, -0.2) is 46.6 Å². The number of hydrogen-bond acceptors (Lipinski definition) is 5. The summed E-state index contributed by atoms with van der Waals surface area (Å²) < 4.78 is 120. The molecule has 0 N–H and O–H groups in total. The minimum Gasteiger partial charge on any atom is -0.450 e. The van der Waals surface area contributed by atoms with E-state index in [2.05, 4.69) is 0 Å². The highest BCUT2D eigenvalue weighted by Crippen LogP contribution is 2.64. The van der Waals surface area contributed by atoms with Gasteiger partial charge >= 0.3 is 25.7 Å². The first-order chi connectivity index (χ1) is 16.2. The molecule has 8 nitrogen and oxygen atoms in total. The molecule has 2 aromatic rings. The molecule has 1 atom stereocenters. The van der Waals surface area contributed by atoms with Gasteiger partial charge in [0.2, 0.25) is 5.75 Å². The van der Waals surface area contributed by atoms with Gasteiger partial charge in [0.05, 0.1) is 10.5 Å². The summed E-state index contributed by atoms with van der Waals surface area (Å²) in [4.78, 5) is 10.4. The lowest BCUT2D eigenvalue weighted by Gasteiger charge is -2.28. The van der Waals surface area contributed by atoms with E-state index in [1.165, 1.54) is 9.34 Å². The van der Waals surface area contributed by atoms with Crippen molar-refractivity contribution in [1.82, 2.24) is 9.34 Å². The van der Waals surface area contributed by atoms with E-state index < -0.39 is 65.2 Å². The molecule has 0 aromatic heterocycles. The second-order valence-electron chi connectivity index (χ2n) is 7.65. The Balaban J connectivity index is 1.70. The summed E-state index contributed by atoms with van der Waals surface area (Å²) in [6, 6.07) is 3.30. The Kier molecular flexibility index (Phi) is 6.32. The molecule has 2 saturated heterocycles. The molecule has 2 heterocycles. The Hall–Kier alpha value is -2.74. The van der Waals surface area contributed by atoms with E-state index in [0.717, 1.165) is 6.07 Å². The predicted molar refractivity (Wildman–Crippen MR) is 105 cm³/mol.